The first-order valence-electron chi connectivity index (χ1n) is 6.74. The molecule has 0 aliphatic heterocycles. The molecule has 1 aromatic heterocycles. The van der Waals surface area contributed by atoms with Crippen LogP contribution >= 0.6 is 0 Å². The highest BCUT2D eigenvalue weighted by Gasteiger charge is 2.11. The van der Waals surface area contributed by atoms with E-state index < -0.39 is 5.95 Å². The summed E-state index contributed by atoms with van der Waals surface area (Å²) in [7, 11) is 1.61. The van der Waals surface area contributed by atoms with E-state index in [1.165, 1.54) is 6.07 Å². The zero-order valence-electron chi connectivity index (χ0n) is 12.1. The first-order chi connectivity index (χ1) is 10.1. The van der Waals surface area contributed by atoms with Crippen molar-refractivity contribution in [2.45, 2.75) is 19.5 Å². The molecule has 0 aliphatic carbocycles. The van der Waals surface area contributed by atoms with Crippen molar-refractivity contribution in [2.24, 2.45) is 0 Å². The molecule has 112 valence electrons. The number of aliphatic hydroxyl groups excluding tert-OH is 1. The molecule has 0 fully saturated rings. The lowest BCUT2D eigenvalue weighted by atomic mass is 10.1. The average Bonchev–Trinajstić information content (AvgIpc) is 2.50. The van der Waals surface area contributed by atoms with Gasteiger partial charge in [-0.25, -0.2) is 4.98 Å². The number of nitrogens with one attached hydrogen (secondary N) is 1. The Balaban J connectivity index is 2.08. The van der Waals surface area contributed by atoms with Crippen LogP contribution in [-0.2, 0) is 6.54 Å². The van der Waals surface area contributed by atoms with Gasteiger partial charge in [0.2, 0.25) is 5.95 Å². The van der Waals surface area contributed by atoms with Crippen molar-refractivity contribution in [1.29, 1.82) is 0 Å². The van der Waals surface area contributed by atoms with Crippen LogP contribution in [0.1, 0.15) is 22.9 Å². The zero-order chi connectivity index (χ0) is 15.2. The maximum Gasteiger partial charge on any atom is 0.213 e. The van der Waals surface area contributed by atoms with E-state index in [4.69, 9.17) is 4.74 Å². The molecule has 2 rings (SSSR count). The Bertz CT molecular complexity index is 605. The normalized spacial score (nSPS) is 12.2. The summed E-state index contributed by atoms with van der Waals surface area (Å²) in [6, 6.07) is 10.4. The molecule has 2 aromatic rings. The smallest absolute Gasteiger partial charge is 0.213 e. The van der Waals surface area contributed by atoms with E-state index in [0.717, 1.165) is 16.9 Å². The van der Waals surface area contributed by atoms with E-state index >= 15 is 0 Å². The fourth-order valence-corrected chi connectivity index (χ4v) is 2.13. The topological polar surface area (TPSA) is 54.4 Å². The number of ether oxygens (including phenoxy) is 1. The summed E-state index contributed by atoms with van der Waals surface area (Å²) in [6.45, 7) is 2.22. The van der Waals surface area contributed by atoms with Crippen molar-refractivity contribution in [3.63, 3.8) is 0 Å². The molecule has 2 N–H and O–H groups in total. The zero-order valence-corrected chi connectivity index (χ0v) is 12.1. The summed E-state index contributed by atoms with van der Waals surface area (Å²) in [5.41, 5.74) is 2.48. The molecule has 21 heavy (non-hydrogen) atoms. The number of aliphatic hydroxyl groups is 1. The minimum Gasteiger partial charge on any atom is -0.497 e. The second-order valence-corrected chi connectivity index (χ2v) is 4.77. The summed E-state index contributed by atoms with van der Waals surface area (Å²) in [5.74, 6) is 0.259. The van der Waals surface area contributed by atoms with E-state index in [2.05, 4.69) is 10.3 Å². The number of benzene rings is 1. The Morgan fingerprint density at radius 1 is 1.33 bits per heavy atom. The lowest BCUT2D eigenvalue weighted by Gasteiger charge is -2.18. The maximum atomic E-state index is 13.0. The Hall–Kier alpha value is -1.98. The average molecular weight is 290 g/mol. The van der Waals surface area contributed by atoms with Gasteiger partial charge in [-0.1, -0.05) is 18.2 Å². The molecular weight excluding hydrogens is 271 g/mol. The van der Waals surface area contributed by atoms with E-state index in [0.29, 0.717) is 12.2 Å². The Labute approximate surface area is 123 Å². The molecule has 0 saturated heterocycles. The molecule has 1 heterocycles. The first-order valence-corrected chi connectivity index (χ1v) is 6.74. The summed E-state index contributed by atoms with van der Waals surface area (Å²) in [5, 5.41) is 12.8. The SMILES string of the molecule is COc1cccc([C@H](CO)NCc2ccc(F)nc2C)c1. The van der Waals surface area contributed by atoms with E-state index in [9.17, 15) is 9.50 Å². The van der Waals surface area contributed by atoms with Gasteiger partial charge in [-0.15, -0.1) is 0 Å². The number of methoxy groups -OCH3 is 1. The predicted octanol–water partition coefficient (Wildman–Crippen LogP) is 2.36. The van der Waals surface area contributed by atoms with Crippen LogP contribution in [0.4, 0.5) is 4.39 Å². The molecule has 5 heteroatoms. The summed E-state index contributed by atoms with van der Waals surface area (Å²) >= 11 is 0. The van der Waals surface area contributed by atoms with Gasteiger partial charge in [0, 0.05) is 12.2 Å². The first kappa shape index (κ1) is 15.4. The van der Waals surface area contributed by atoms with Gasteiger partial charge in [-0.2, -0.15) is 4.39 Å². The number of nitrogens with zero attached hydrogens (tertiary/aromatic N) is 1. The third-order valence-corrected chi connectivity index (χ3v) is 3.38. The van der Waals surface area contributed by atoms with Crippen molar-refractivity contribution >= 4 is 0 Å². The minimum absolute atomic E-state index is 0.0408. The molecule has 4 nitrogen and oxygen atoms in total. The summed E-state index contributed by atoms with van der Waals surface area (Å²) in [4.78, 5) is 3.79. The second-order valence-electron chi connectivity index (χ2n) is 4.77. The fraction of sp³-hybridized carbons (Fsp3) is 0.312. The van der Waals surface area contributed by atoms with Gasteiger partial charge >= 0.3 is 0 Å². The lowest BCUT2D eigenvalue weighted by molar-refractivity contribution is 0.243. The molecule has 0 unspecified atom stereocenters. The molecular formula is C16H19FN2O2. The molecule has 0 spiro atoms. The molecule has 1 aromatic carbocycles. The van der Waals surface area contributed by atoms with E-state index in [1.807, 2.05) is 24.3 Å². The maximum absolute atomic E-state index is 13.0. The van der Waals surface area contributed by atoms with Gasteiger partial charge in [-0.3, -0.25) is 0 Å². The minimum atomic E-state index is -0.484. The van der Waals surface area contributed by atoms with Crippen LogP contribution in [0.3, 0.4) is 0 Å². The number of pyridine rings is 1. The van der Waals surface area contributed by atoms with Crippen LogP contribution in [0.5, 0.6) is 5.75 Å². The highest BCUT2D eigenvalue weighted by molar-refractivity contribution is 5.31. The van der Waals surface area contributed by atoms with Crippen LogP contribution in [0, 0.1) is 12.9 Å². The fourth-order valence-electron chi connectivity index (χ4n) is 2.13. The quantitative estimate of drug-likeness (QED) is 0.802. The highest BCUT2D eigenvalue weighted by Crippen LogP contribution is 2.19. The van der Waals surface area contributed by atoms with Crippen LogP contribution in [0.15, 0.2) is 36.4 Å². The number of hydrogen-bond acceptors (Lipinski definition) is 4. The third-order valence-electron chi connectivity index (χ3n) is 3.38. The standard InChI is InChI=1S/C16H19FN2O2/c1-11-13(6-7-16(17)19-11)9-18-15(10-20)12-4-3-5-14(8-12)21-2/h3-8,15,18,20H,9-10H2,1-2H3/t15-/m0/s1. The number of aryl methyl sites for hydroxylation is 1. The Kier molecular flexibility index (Phi) is 5.25. The van der Waals surface area contributed by atoms with Gasteiger partial charge in [0.1, 0.15) is 5.75 Å². The number of rotatable bonds is 6. The number of hydrogen-bond donors (Lipinski definition) is 2. The Morgan fingerprint density at radius 3 is 2.81 bits per heavy atom. The van der Waals surface area contributed by atoms with Crippen molar-refractivity contribution in [3.05, 3.63) is 59.2 Å². The molecule has 0 bridgehead atoms. The Morgan fingerprint density at radius 2 is 2.14 bits per heavy atom. The predicted molar refractivity (Wildman–Crippen MR) is 78.6 cm³/mol. The molecule has 0 aliphatic rings. The molecule has 0 saturated carbocycles. The highest BCUT2D eigenvalue weighted by atomic mass is 19.1. The van der Waals surface area contributed by atoms with Gasteiger partial charge in [0.15, 0.2) is 0 Å². The molecule has 1 atom stereocenters. The second kappa shape index (κ2) is 7.15. The van der Waals surface area contributed by atoms with Gasteiger partial charge in [0.05, 0.1) is 19.8 Å². The van der Waals surface area contributed by atoms with Gasteiger partial charge in [0.25, 0.3) is 0 Å². The van der Waals surface area contributed by atoms with Crippen LogP contribution in [0.2, 0.25) is 0 Å². The van der Waals surface area contributed by atoms with Crippen molar-refractivity contribution in [2.75, 3.05) is 13.7 Å². The van der Waals surface area contributed by atoms with Gasteiger partial charge in [-0.05, 0) is 36.2 Å². The molecule has 0 radical (unpaired) electrons. The van der Waals surface area contributed by atoms with Crippen molar-refractivity contribution in [3.8, 4) is 5.75 Å². The monoisotopic (exact) mass is 290 g/mol. The van der Waals surface area contributed by atoms with Crippen LogP contribution < -0.4 is 10.1 Å². The van der Waals surface area contributed by atoms with Crippen LogP contribution in [-0.4, -0.2) is 23.8 Å². The number of halogens is 1. The third kappa shape index (κ3) is 4.00. The lowest BCUT2D eigenvalue weighted by Crippen LogP contribution is -2.24. The van der Waals surface area contributed by atoms with Crippen LogP contribution in [0.25, 0.3) is 0 Å². The summed E-state index contributed by atoms with van der Waals surface area (Å²) in [6.07, 6.45) is 0. The van der Waals surface area contributed by atoms with E-state index in [-0.39, 0.29) is 12.6 Å². The van der Waals surface area contributed by atoms with Gasteiger partial charge < -0.3 is 15.2 Å². The van der Waals surface area contributed by atoms with Crippen molar-refractivity contribution in [1.82, 2.24) is 10.3 Å². The van der Waals surface area contributed by atoms with Crippen molar-refractivity contribution < 1.29 is 14.2 Å². The molecule has 0 amide bonds. The number of aromatic nitrogens is 1. The largest absolute Gasteiger partial charge is 0.497 e. The summed E-state index contributed by atoms with van der Waals surface area (Å²) < 4.78 is 18.2. The van der Waals surface area contributed by atoms with E-state index in [1.54, 1.807) is 20.1 Å².